The van der Waals surface area contributed by atoms with Gasteiger partial charge in [0.15, 0.2) is 0 Å². The Kier molecular flexibility index (Phi) is 7.66. The van der Waals surface area contributed by atoms with Crippen molar-refractivity contribution in [3.05, 3.63) is 0 Å². The Morgan fingerprint density at radius 2 is 1.78 bits per heavy atom. The second-order valence-corrected chi connectivity index (χ2v) is 15.4. The molecular formula is C31H57N3O2. The molecule has 3 aliphatic carbocycles. The number of nitrogens with two attached hydrogens (primary N) is 2. The highest BCUT2D eigenvalue weighted by Crippen LogP contribution is 2.64. The van der Waals surface area contributed by atoms with E-state index in [-0.39, 0.29) is 29.5 Å². The van der Waals surface area contributed by atoms with E-state index in [1.165, 1.54) is 57.8 Å². The first-order valence-corrected chi connectivity index (χ1v) is 15.6. The quantitative estimate of drug-likeness (QED) is 0.376. The van der Waals surface area contributed by atoms with E-state index in [0.29, 0.717) is 23.7 Å². The number of hydrogen-bond donors (Lipinski definition) is 4. The number of rotatable bonds is 7. The van der Waals surface area contributed by atoms with E-state index in [4.69, 9.17) is 16.2 Å². The van der Waals surface area contributed by atoms with Crippen LogP contribution in [0.1, 0.15) is 118 Å². The maximum Gasteiger partial charge on any atom is 0.0736 e. The van der Waals surface area contributed by atoms with Crippen molar-refractivity contribution in [2.75, 3.05) is 13.2 Å². The lowest BCUT2D eigenvalue weighted by Crippen LogP contribution is -2.72. The minimum Gasteiger partial charge on any atom is -0.396 e. The normalized spacial score (nSPS) is 48.7. The molecule has 0 aromatic heterocycles. The highest BCUT2D eigenvalue weighted by molar-refractivity contribution is 5.16. The second kappa shape index (κ2) is 10.1. The van der Waals surface area contributed by atoms with Crippen LogP contribution in [0.5, 0.6) is 0 Å². The van der Waals surface area contributed by atoms with Crippen LogP contribution in [0, 0.1) is 40.9 Å². The fourth-order valence-electron chi connectivity index (χ4n) is 10.6. The lowest BCUT2D eigenvalue weighted by molar-refractivity contribution is -0.291. The van der Waals surface area contributed by atoms with E-state index in [2.05, 4.69) is 33.0 Å². The number of nitrogens with one attached hydrogen (secondary N) is 1. The number of aliphatic hydroxyl groups excluding tert-OH is 1. The van der Waals surface area contributed by atoms with E-state index >= 15 is 0 Å². The zero-order valence-corrected chi connectivity index (χ0v) is 23.9. The van der Waals surface area contributed by atoms with Gasteiger partial charge in [0.2, 0.25) is 0 Å². The number of ether oxygens (including phenoxy) is 1. The molecule has 6 fully saturated rings. The summed E-state index contributed by atoms with van der Waals surface area (Å²) in [5, 5.41) is 13.5. The lowest BCUT2D eigenvalue weighted by atomic mass is 9.50. The van der Waals surface area contributed by atoms with Gasteiger partial charge in [-0.3, -0.25) is 0 Å². The summed E-state index contributed by atoms with van der Waals surface area (Å²) in [6, 6.07) is 0. The van der Waals surface area contributed by atoms with Crippen molar-refractivity contribution >= 4 is 0 Å². The van der Waals surface area contributed by atoms with Crippen molar-refractivity contribution in [1.82, 2.24) is 5.32 Å². The highest BCUT2D eigenvalue weighted by Gasteiger charge is 2.64. The van der Waals surface area contributed by atoms with E-state index in [0.717, 1.165) is 55.9 Å². The number of aliphatic hydroxyl groups is 1. The minimum atomic E-state index is -0.297. The van der Waals surface area contributed by atoms with Crippen LogP contribution in [0.2, 0.25) is 0 Å². The molecule has 2 bridgehead atoms. The molecule has 9 unspecified atom stereocenters. The Hall–Kier alpha value is -0.200. The molecule has 3 saturated heterocycles. The molecule has 9 atom stereocenters. The minimum absolute atomic E-state index is 0.114. The third kappa shape index (κ3) is 5.30. The van der Waals surface area contributed by atoms with Gasteiger partial charge in [-0.1, -0.05) is 13.8 Å². The van der Waals surface area contributed by atoms with Crippen LogP contribution in [-0.2, 0) is 4.74 Å². The molecule has 0 aromatic carbocycles. The van der Waals surface area contributed by atoms with Crippen LogP contribution in [-0.4, -0.2) is 41.2 Å². The number of fused-ring (bicyclic) bond motifs is 3. The van der Waals surface area contributed by atoms with Crippen LogP contribution in [0.4, 0.5) is 0 Å². The molecule has 6 N–H and O–H groups in total. The zero-order valence-electron chi connectivity index (χ0n) is 23.9. The van der Waals surface area contributed by atoms with Crippen LogP contribution in [0.3, 0.4) is 0 Å². The first-order chi connectivity index (χ1) is 17.0. The van der Waals surface area contributed by atoms with Crippen molar-refractivity contribution in [2.45, 2.75) is 140 Å². The lowest BCUT2D eigenvalue weighted by Gasteiger charge is -2.66. The average molecular weight is 504 g/mol. The molecular weight excluding hydrogens is 446 g/mol. The van der Waals surface area contributed by atoms with Crippen molar-refractivity contribution in [2.24, 2.45) is 52.4 Å². The predicted octanol–water partition coefficient (Wildman–Crippen LogP) is 5.34. The molecule has 0 aromatic rings. The molecule has 36 heavy (non-hydrogen) atoms. The molecule has 6 aliphatic rings. The summed E-state index contributed by atoms with van der Waals surface area (Å²) < 4.78 is 7.20. The highest BCUT2D eigenvalue weighted by atomic mass is 16.5. The number of hydrogen-bond acceptors (Lipinski definition) is 5. The predicted molar refractivity (Wildman–Crippen MR) is 147 cm³/mol. The molecule has 208 valence electrons. The third-order valence-corrected chi connectivity index (χ3v) is 11.7. The Balaban J connectivity index is 1.40. The first kappa shape index (κ1) is 27.4. The van der Waals surface area contributed by atoms with Gasteiger partial charge in [-0.05, 0) is 145 Å². The molecule has 3 aliphatic heterocycles. The molecule has 0 radical (unpaired) electrons. The van der Waals surface area contributed by atoms with Crippen molar-refractivity contribution in [3.63, 3.8) is 0 Å². The molecule has 1 spiro atoms. The van der Waals surface area contributed by atoms with Gasteiger partial charge in [0, 0.05) is 18.1 Å². The summed E-state index contributed by atoms with van der Waals surface area (Å²) >= 11 is 0. The summed E-state index contributed by atoms with van der Waals surface area (Å²) in [5.41, 5.74) is 13.2. The second-order valence-electron chi connectivity index (χ2n) is 15.4. The van der Waals surface area contributed by atoms with Crippen LogP contribution >= 0.6 is 0 Å². The molecule has 3 saturated carbocycles. The van der Waals surface area contributed by atoms with Gasteiger partial charge in [-0.2, -0.15) is 0 Å². The molecule has 6 rings (SSSR count). The van der Waals surface area contributed by atoms with Gasteiger partial charge in [0.25, 0.3) is 0 Å². The van der Waals surface area contributed by atoms with E-state index in [1.807, 2.05) is 0 Å². The Labute approximate surface area is 221 Å². The van der Waals surface area contributed by atoms with E-state index in [9.17, 15) is 5.11 Å². The summed E-state index contributed by atoms with van der Waals surface area (Å²) in [6.45, 7) is 10.6. The fourth-order valence-corrected chi connectivity index (χ4v) is 10.6. The molecule has 3 heterocycles. The smallest absolute Gasteiger partial charge is 0.0736 e. The SMILES string of the molecule is CC(C)CC1CCC2(C1)CC(CC1CCC(N)NC1)CC(C13CCC(C(N)(CCO)C1)C(C)(C)O3)C2. The summed E-state index contributed by atoms with van der Waals surface area (Å²) in [5.74, 6) is 4.18. The van der Waals surface area contributed by atoms with Crippen LogP contribution in [0.15, 0.2) is 0 Å². The number of piperidine rings is 1. The summed E-state index contributed by atoms with van der Waals surface area (Å²) in [7, 11) is 0. The van der Waals surface area contributed by atoms with Crippen molar-refractivity contribution in [1.29, 1.82) is 0 Å². The van der Waals surface area contributed by atoms with Crippen molar-refractivity contribution < 1.29 is 9.84 Å². The Morgan fingerprint density at radius 1 is 1.00 bits per heavy atom. The topological polar surface area (TPSA) is 93.5 Å². The fraction of sp³-hybridized carbons (Fsp3) is 1.00. The Morgan fingerprint density at radius 3 is 2.44 bits per heavy atom. The average Bonchev–Trinajstić information content (AvgIpc) is 3.14. The largest absolute Gasteiger partial charge is 0.396 e. The first-order valence-electron chi connectivity index (χ1n) is 15.6. The van der Waals surface area contributed by atoms with E-state index < -0.39 is 0 Å². The van der Waals surface area contributed by atoms with Gasteiger partial charge < -0.3 is 26.6 Å². The van der Waals surface area contributed by atoms with Gasteiger partial charge in [-0.25, -0.2) is 0 Å². The maximum atomic E-state index is 9.95. The third-order valence-electron chi connectivity index (χ3n) is 11.7. The Bertz CT molecular complexity index is 765. The standard InChI is InChI=1S/C31H57N3O2/c1-21(2)13-22-7-9-29(16-22)17-24(14-23-5-6-27(32)34-19-23)15-25(18-29)31-10-8-26(28(3,4)36-31)30(33,20-31)11-12-35/h21-27,34-35H,5-20,32-33H2,1-4H3. The van der Waals surface area contributed by atoms with Gasteiger partial charge in [0.05, 0.1) is 17.4 Å². The molecule has 5 nitrogen and oxygen atoms in total. The molecule has 0 amide bonds. The van der Waals surface area contributed by atoms with Gasteiger partial charge in [-0.15, -0.1) is 0 Å². The monoisotopic (exact) mass is 503 g/mol. The van der Waals surface area contributed by atoms with Crippen LogP contribution < -0.4 is 16.8 Å². The zero-order chi connectivity index (χ0) is 25.8. The van der Waals surface area contributed by atoms with Crippen LogP contribution in [0.25, 0.3) is 0 Å². The van der Waals surface area contributed by atoms with E-state index in [1.54, 1.807) is 0 Å². The maximum absolute atomic E-state index is 9.95. The van der Waals surface area contributed by atoms with Gasteiger partial charge >= 0.3 is 0 Å². The van der Waals surface area contributed by atoms with Gasteiger partial charge in [0.1, 0.15) is 0 Å². The summed E-state index contributed by atoms with van der Waals surface area (Å²) in [4.78, 5) is 0. The molecule has 5 heteroatoms. The van der Waals surface area contributed by atoms with Crippen molar-refractivity contribution in [3.8, 4) is 0 Å². The summed E-state index contributed by atoms with van der Waals surface area (Å²) in [6.07, 6.45) is 17.6.